The number of nitrogens with zero attached hydrogens (tertiary/aromatic N) is 1. The molecule has 1 heterocycles. The number of primary amides is 1. The van der Waals surface area contributed by atoms with E-state index >= 15 is 0 Å². The Morgan fingerprint density at radius 3 is 2.63 bits per heavy atom. The lowest BCUT2D eigenvalue weighted by atomic mass is 10.1. The number of rotatable bonds is 8. The third kappa shape index (κ3) is 4.80. The van der Waals surface area contributed by atoms with Crippen molar-refractivity contribution in [1.29, 1.82) is 0 Å². The number of nitrogens with two attached hydrogens (primary N) is 1. The van der Waals surface area contributed by atoms with Crippen LogP contribution in [-0.2, 0) is 14.4 Å². The molecule has 3 amide bonds. The van der Waals surface area contributed by atoms with Gasteiger partial charge in [-0.3, -0.25) is 14.4 Å². The first kappa shape index (κ1) is 21.0. The van der Waals surface area contributed by atoms with Gasteiger partial charge in [0.15, 0.2) is 6.61 Å². The maximum Gasteiger partial charge on any atom is 0.255 e. The standard InChI is InChI=1S/C21H23N3O6/c1-28-15-6-7-18(29-2)17(10-15)24-11-13(8-20(24)26)21(27)23-14-4-3-5-16(9-14)30-12-19(22)25/h3-7,9-10,13H,8,11-12H2,1-2H3,(H2,22,25)(H,23,27). The van der Waals surface area contributed by atoms with E-state index in [0.29, 0.717) is 28.6 Å². The van der Waals surface area contributed by atoms with Crippen LogP contribution in [0.5, 0.6) is 17.2 Å². The van der Waals surface area contributed by atoms with E-state index in [1.165, 1.54) is 19.1 Å². The Labute approximate surface area is 173 Å². The zero-order valence-corrected chi connectivity index (χ0v) is 16.7. The quantitative estimate of drug-likeness (QED) is 0.678. The molecule has 2 aromatic carbocycles. The summed E-state index contributed by atoms with van der Waals surface area (Å²) in [5.74, 6) is -0.105. The van der Waals surface area contributed by atoms with Gasteiger partial charge in [0.25, 0.3) is 5.91 Å². The van der Waals surface area contributed by atoms with Gasteiger partial charge in [0.1, 0.15) is 17.2 Å². The molecular formula is C21H23N3O6. The number of hydrogen-bond acceptors (Lipinski definition) is 6. The molecule has 9 nitrogen and oxygen atoms in total. The highest BCUT2D eigenvalue weighted by atomic mass is 16.5. The van der Waals surface area contributed by atoms with Crippen LogP contribution < -0.4 is 30.2 Å². The Hall–Kier alpha value is -3.75. The van der Waals surface area contributed by atoms with Crippen molar-refractivity contribution in [3.8, 4) is 17.2 Å². The summed E-state index contributed by atoms with van der Waals surface area (Å²) in [7, 11) is 3.05. The monoisotopic (exact) mass is 413 g/mol. The van der Waals surface area contributed by atoms with E-state index in [2.05, 4.69) is 5.32 Å². The lowest BCUT2D eigenvalue weighted by Crippen LogP contribution is -2.28. The van der Waals surface area contributed by atoms with Crippen LogP contribution in [0.4, 0.5) is 11.4 Å². The van der Waals surface area contributed by atoms with E-state index in [4.69, 9.17) is 19.9 Å². The summed E-state index contributed by atoms with van der Waals surface area (Å²) in [5, 5.41) is 2.79. The number of anilines is 2. The molecular weight excluding hydrogens is 390 g/mol. The second-order valence-electron chi connectivity index (χ2n) is 6.72. The number of benzene rings is 2. The van der Waals surface area contributed by atoms with E-state index in [0.717, 1.165) is 0 Å². The molecule has 0 saturated carbocycles. The lowest BCUT2D eigenvalue weighted by Gasteiger charge is -2.20. The van der Waals surface area contributed by atoms with Crippen molar-refractivity contribution >= 4 is 29.1 Å². The predicted octanol–water partition coefficient (Wildman–Crippen LogP) is 1.56. The molecule has 0 aromatic heterocycles. The smallest absolute Gasteiger partial charge is 0.255 e. The fraction of sp³-hybridized carbons (Fsp3) is 0.286. The summed E-state index contributed by atoms with van der Waals surface area (Å²) in [5.41, 5.74) is 6.11. The molecule has 3 rings (SSSR count). The number of carbonyl (C=O) groups is 3. The Balaban J connectivity index is 1.70. The number of carbonyl (C=O) groups excluding carboxylic acids is 3. The van der Waals surface area contributed by atoms with Crippen molar-refractivity contribution in [2.45, 2.75) is 6.42 Å². The van der Waals surface area contributed by atoms with Gasteiger partial charge in [0.2, 0.25) is 11.8 Å². The molecule has 30 heavy (non-hydrogen) atoms. The molecule has 2 aromatic rings. The first-order valence-electron chi connectivity index (χ1n) is 9.25. The van der Waals surface area contributed by atoms with Crippen molar-refractivity contribution in [2.75, 3.05) is 37.6 Å². The summed E-state index contributed by atoms with van der Waals surface area (Å²) in [6.45, 7) is -0.0437. The van der Waals surface area contributed by atoms with Gasteiger partial charge in [-0.25, -0.2) is 0 Å². The molecule has 0 spiro atoms. The lowest BCUT2D eigenvalue weighted by molar-refractivity contribution is -0.122. The summed E-state index contributed by atoms with van der Waals surface area (Å²) < 4.78 is 15.8. The fourth-order valence-corrected chi connectivity index (χ4v) is 3.19. The van der Waals surface area contributed by atoms with E-state index < -0.39 is 11.8 Å². The number of hydrogen-bond donors (Lipinski definition) is 2. The predicted molar refractivity (Wildman–Crippen MR) is 110 cm³/mol. The van der Waals surface area contributed by atoms with Gasteiger partial charge in [-0.05, 0) is 24.3 Å². The van der Waals surface area contributed by atoms with Gasteiger partial charge in [-0.15, -0.1) is 0 Å². The third-order valence-corrected chi connectivity index (χ3v) is 4.66. The van der Waals surface area contributed by atoms with Gasteiger partial charge in [-0.1, -0.05) is 6.07 Å². The SMILES string of the molecule is COc1ccc(OC)c(N2CC(C(=O)Nc3cccc(OCC(N)=O)c3)CC2=O)c1. The van der Waals surface area contributed by atoms with Crippen LogP contribution in [0.2, 0.25) is 0 Å². The molecule has 3 N–H and O–H groups in total. The van der Waals surface area contributed by atoms with E-state index in [-0.39, 0.29) is 31.4 Å². The zero-order valence-electron chi connectivity index (χ0n) is 16.7. The van der Waals surface area contributed by atoms with Crippen molar-refractivity contribution in [3.05, 3.63) is 42.5 Å². The molecule has 1 saturated heterocycles. The minimum absolute atomic E-state index is 0.0735. The van der Waals surface area contributed by atoms with E-state index in [9.17, 15) is 14.4 Å². The highest BCUT2D eigenvalue weighted by Crippen LogP contribution is 2.36. The molecule has 1 unspecified atom stereocenters. The zero-order chi connectivity index (χ0) is 21.7. The fourth-order valence-electron chi connectivity index (χ4n) is 3.19. The number of methoxy groups -OCH3 is 2. The minimum Gasteiger partial charge on any atom is -0.497 e. The largest absolute Gasteiger partial charge is 0.497 e. The Bertz CT molecular complexity index is 962. The van der Waals surface area contributed by atoms with Crippen LogP contribution in [-0.4, -0.2) is 45.1 Å². The number of ether oxygens (including phenoxy) is 3. The average Bonchev–Trinajstić information content (AvgIpc) is 3.13. The molecule has 0 radical (unpaired) electrons. The number of amides is 3. The second-order valence-corrected chi connectivity index (χ2v) is 6.72. The van der Waals surface area contributed by atoms with Crippen molar-refractivity contribution in [2.24, 2.45) is 11.7 Å². The van der Waals surface area contributed by atoms with Crippen molar-refractivity contribution < 1.29 is 28.6 Å². The first-order valence-corrected chi connectivity index (χ1v) is 9.25. The number of nitrogens with one attached hydrogen (secondary N) is 1. The van der Waals surface area contributed by atoms with E-state index in [1.54, 1.807) is 42.5 Å². The van der Waals surface area contributed by atoms with Gasteiger partial charge < -0.3 is 30.2 Å². The Morgan fingerprint density at radius 2 is 1.93 bits per heavy atom. The molecule has 158 valence electrons. The van der Waals surface area contributed by atoms with Crippen LogP contribution >= 0.6 is 0 Å². The maximum absolute atomic E-state index is 12.7. The molecule has 0 aliphatic carbocycles. The molecule has 1 atom stereocenters. The molecule has 1 aliphatic heterocycles. The second kappa shape index (κ2) is 9.17. The molecule has 0 bridgehead atoms. The minimum atomic E-state index is -0.595. The van der Waals surface area contributed by atoms with Crippen molar-refractivity contribution in [1.82, 2.24) is 0 Å². The summed E-state index contributed by atoms with van der Waals surface area (Å²) >= 11 is 0. The highest BCUT2D eigenvalue weighted by Gasteiger charge is 2.36. The summed E-state index contributed by atoms with van der Waals surface area (Å²) in [6, 6.07) is 11.8. The maximum atomic E-state index is 12.7. The van der Waals surface area contributed by atoms with E-state index in [1.807, 2.05) is 0 Å². The Morgan fingerprint density at radius 1 is 1.13 bits per heavy atom. The van der Waals surface area contributed by atoms with Gasteiger partial charge in [-0.2, -0.15) is 0 Å². The topological polar surface area (TPSA) is 120 Å². The van der Waals surface area contributed by atoms with Gasteiger partial charge in [0.05, 0.1) is 25.8 Å². The van der Waals surface area contributed by atoms with Crippen molar-refractivity contribution in [3.63, 3.8) is 0 Å². The van der Waals surface area contributed by atoms with Gasteiger partial charge >= 0.3 is 0 Å². The van der Waals surface area contributed by atoms with Crippen LogP contribution in [0.1, 0.15) is 6.42 Å². The summed E-state index contributed by atoms with van der Waals surface area (Å²) in [4.78, 5) is 37.7. The molecule has 1 fully saturated rings. The highest BCUT2D eigenvalue weighted by molar-refractivity contribution is 6.04. The third-order valence-electron chi connectivity index (χ3n) is 4.66. The molecule has 1 aliphatic rings. The summed E-state index contributed by atoms with van der Waals surface area (Å²) in [6.07, 6.45) is 0.0735. The van der Waals surface area contributed by atoms with Gasteiger partial charge in [0, 0.05) is 30.8 Å². The van der Waals surface area contributed by atoms with Crippen LogP contribution in [0, 0.1) is 5.92 Å². The normalized spacial score (nSPS) is 15.6. The van der Waals surface area contributed by atoms with Crippen LogP contribution in [0.15, 0.2) is 42.5 Å². The van der Waals surface area contributed by atoms with Crippen LogP contribution in [0.3, 0.4) is 0 Å². The van der Waals surface area contributed by atoms with Crippen LogP contribution in [0.25, 0.3) is 0 Å². The molecule has 9 heteroatoms. The first-order chi connectivity index (χ1) is 14.4. The Kier molecular flexibility index (Phi) is 6.41. The average molecular weight is 413 g/mol.